The summed E-state index contributed by atoms with van der Waals surface area (Å²) in [4.78, 5) is 13.1. The molecule has 0 bridgehead atoms. The third-order valence-corrected chi connectivity index (χ3v) is 16.8. The van der Waals surface area contributed by atoms with Gasteiger partial charge in [-0.2, -0.15) is 0 Å². The second-order valence-electron chi connectivity index (χ2n) is 20.5. The van der Waals surface area contributed by atoms with Crippen LogP contribution in [0.1, 0.15) is 99.8 Å². The maximum absolute atomic E-state index is 13.1. The summed E-state index contributed by atoms with van der Waals surface area (Å²) in [7, 11) is 0. The summed E-state index contributed by atoms with van der Waals surface area (Å²) in [6, 6.07) is 0. The van der Waals surface area contributed by atoms with E-state index in [1.165, 1.54) is 5.57 Å². The first kappa shape index (κ1) is 41.9. The van der Waals surface area contributed by atoms with Gasteiger partial charge in [0.2, 0.25) is 0 Å². The van der Waals surface area contributed by atoms with Gasteiger partial charge in [0.1, 0.15) is 48.1 Å². The third kappa shape index (κ3) is 6.13. The highest BCUT2D eigenvalue weighted by Crippen LogP contribution is 2.76. The lowest BCUT2D eigenvalue weighted by Gasteiger charge is -2.72. The maximum Gasteiger partial charge on any atom is 0.312 e. The Bertz CT molecular complexity index is 1500. The van der Waals surface area contributed by atoms with Crippen molar-refractivity contribution in [3.05, 3.63) is 11.6 Å². The second-order valence-corrected chi connectivity index (χ2v) is 20.5. The van der Waals surface area contributed by atoms with Crippen LogP contribution < -0.4 is 0 Å². The van der Waals surface area contributed by atoms with Crippen molar-refractivity contribution in [1.29, 1.82) is 0 Å². The molecule has 5 aliphatic carbocycles. The molecule has 9 N–H and O–H groups in total. The first-order valence-corrected chi connectivity index (χ1v) is 20.4. The number of ether oxygens (including phenoxy) is 4. The van der Waals surface area contributed by atoms with Gasteiger partial charge in [-0.1, -0.05) is 60.1 Å². The number of aliphatic carboxylic acids is 1. The molecule has 4 saturated carbocycles. The van der Waals surface area contributed by atoms with Gasteiger partial charge in [0.05, 0.1) is 31.5 Å². The Labute approximate surface area is 323 Å². The van der Waals surface area contributed by atoms with E-state index in [0.29, 0.717) is 25.7 Å². The zero-order valence-electron chi connectivity index (χ0n) is 33.4. The van der Waals surface area contributed by atoms with E-state index in [9.17, 15) is 50.8 Å². The van der Waals surface area contributed by atoms with Crippen molar-refractivity contribution in [3.8, 4) is 0 Å². The van der Waals surface area contributed by atoms with E-state index >= 15 is 0 Å². The van der Waals surface area contributed by atoms with Crippen molar-refractivity contribution in [3.63, 3.8) is 0 Å². The number of carboxylic acid groups (broad SMARTS) is 1. The van der Waals surface area contributed by atoms with E-state index in [1.807, 2.05) is 0 Å². The zero-order valence-corrected chi connectivity index (χ0v) is 33.4. The average Bonchev–Trinajstić information content (AvgIpc) is 3.08. The number of rotatable bonds is 6. The monoisotopic (exact) mass is 782 g/mol. The first-order valence-electron chi connectivity index (χ1n) is 20.4. The van der Waals surface area contributed by atoms with E-state index < -0.39 is 102 Å². The molecule has 0 aromatic carbocycles. The van der Waals surface area contributed by atoms with Gasteiger partial charge in [0, 0.05) is 0 Å². The number of aliphatic hydroxyl groups excluding tert-OH is 8. The molecular formula is C41H66O14. The predicted octanol–water partition coefficient (Wildman–Crippen LogP) is 1.46. The fraction of sp³-hybridized carbons (Fsp3) is 0.927. The van der Waals surface area contributed by atoms with Crippen LogP contribution in [0.5, 0.6) is 0 Å². The molecule has 7 rings (SSSR count). The number of carboxylic acids is 1. The molecule has 0 amide bonds. The standard InChI is InChI=1S/C41H66O14/c1-36(2)12-13-41(35(50)51)20(14-36)19-8-9-25-38(5)15-21(42)32(37(3,4)24(38)10-11-39(25,6)40(19,7)16-26(41)44)55-34-31(49)29(47)28(46)23(54-34)18-53-33-30(48)27(45)22(43)17-52-33/h8,20-34,42-49H,9-18H2,1-7H3,(H,50,51)/t20-,21+,22+,23+,24-,25+,26+,27+,28+,29-,30-,31+,32-,33+,34-,38-,39+,40+,41+/m0/s1. The van der Waals surface area contributed by atoms with E-state index in [4.69, 9.17) is 18.9 Å². The Morgan fingerprint density at radius 1 is 0.782 bits per heavy atom. The van der Waals surface area contributed by atoms with E-state index in [1.54, 1.807) is 0 Å². The summed E-state index contributed by atoms with van der Waals surface area (Å²) in [5.74, 6) is -1.01. The van der Waals surface area contributed by atoms with Gasteiger partial charge in [-0.15, -0.1) is 0 Å². The summed E-state index contributed by atoms with van der Waals surface area (Å²) < 4.78 is 23.3. The smallest absolute Gasteiger partial charge is 0.312 e. The Kier molecular flexibility index (Phi) is 10.6. The summed E-state index contributed by atoms with van der Waals surface area (Å²) in [6.45, 7) is 14.6. The van der Waals surface area contributed by atoms with Gasteiger partial charge >= 0.3 is 5.97 Å². The van der Waals surface area contributed by atoms with Gasteiger partial charge in [-0.05, 0) is 96.2 Å². The number of hydrogen-bond donors (Lipinski definition) is 9. The van der Waals surface area contributed by atoms with Crippen LogP contribution in [0, 0.1) is 50.2 Å². The molecule has 14 nitrogen and oxygen atoms in total. The van der Waals surface area contributed by atoms with Crippen molar-refractivity contribution in [2.45, 2.75) is 173 Å². The fourth-order valence-corrected chi connectivity index (χ4v) is 13.5. The normalized spacial score (nSPS) is 54.5. The Hall–Kier alpha value is -1.27. The van der Waals surface area contributed by atoms with E-state index in [0.717, 1.165) is 25.7 Å². The Morgan fingerprint density at radius 2 is 1.45 bits per heavy atom. The van der Waals surface area contributed by atoms with Gasteiger partial charge in [-0.3, -0.25) is 4.79 Å². The highest BCUT2D eigenvalue weighted by Gasteiger charge is 2.72. The van der Waals surface area contributed by atoms with Crippen LogP contribution in [0.15, 0.2) is 11.6 Å². The number of hydrogen-bond acceptors (Lipinski definition) is 13. The van der Waals surface area contributed by atoms with Crippen LogP contribution in [-0.4, -0.2) is 139 Å². The first-order chi connectivity index (χ1) is 25.5. The number of aliphatic hydroxyl groups is 8. The van der Waals surface area contributed by atoms with Crippen LogP contribution in [0.2, 0.25) is 0 Å². The SMILES string of the molecule is CC1(C)CC[C@]2(C(=O)O)[C@H](O)C[C@]3(C)C(=CC[C@@H]4[C@@]5(C)C[C@@H](O)[C@H](O[C@@H]6O[C@H](CO[C@H]7OC[C@@H](O)[C@@H](O)[C@@H]7O)[C@@H](O)[C@H](O)[C@H]6O)C(C)(C)[C@@H]5CC[C@]43C)[C@@H]2C1. The summed E-state index contributed by atoms with van der Waals surface area (Å²) in [5.41, 5.74) is -1.85. The van der Waals surface area contributed by atoms with Crippen molar-refractivity contribution in [1.82, 2.24) is 0 Å². The van der Waals surface area contributed by atoms with Crippen LogP contribution in [0.4, 0.5) is 0 Å². The lowest BCUT2D eigenvalue weighted by Crippen LogP contribution is -2.69. The van der Waals surface area contributed by atoms with Gasteiger partial charge < -0.3 is 64.9 Å². The van der Waals surface area contributed by atoms with Gasteiger partial charge in [0.15, 0.2) is 12.6 Å². The molecule has 2 aliphatic heterocycles. The number of fused-ring (bicyclic) bond motifs is 7. The molecule has 7 aliphatic rings. The molecule has 0 radical (unpaired) electrons. The Balaban J connectivity index is 1.12. The fourth-order valence-electron chi connectivity index (χ4n) is 13.5. The molecule has 2 saturated heterocycles. The lowest BCUT2D eigenvalue weighted by molar-refractivity contribution is -0.349. The van der Waals surface area contributed by atoms with Crippen LogP contribution >= 0.6 is 0 Å². The van der Waals surface area contributed by atoms with Crippen LogP contribution in [-0.2, 0) is 23.7 Å². The molecule has 0 aromatic rings. The molecule has 14 heteroatoms. The van der Waals surface area contributed by atoms with E-state index in [2.05, 4.69) is 54.5 Å². The van der Waals surface area contributed by atoms with Crippen molar-refractivity contribution >= 4 is 5.97 Å². The topological polar surface area (TPSA) is 236 Å². The Morgan fingerprint density at radius 3 is 2.13 bits per heavy atom. The molecule has 2 heterocycles. The van der Waals surface area contributed by atoms with Crippen molar-refractivity contribution in [2.24, 2.45) is 50.2 Å². The molecule has 0 aromatic heterocycles. The number of allylic oxidation sites excluding steroid dienone is 2. The maximum atomic E-state index is 13.1. The highest BCUT2D eigenvalue weighted by atomic mass is 16.7. The van der Waals surface area contributed by atoms with E-state index in [-0.39, 0.29) is 40.6 Å². The predicted molar refractivity (Wildman–Crippen MR) is 195 cm³/mol. The molecule has 0 spiro atoms. The average molecular weight is 783 g/mol. The molecular weight excluding hydrogens is 716 g/mol. The van der Waals surface area contributed by atoms with Gasteiger partial charge in [0.25, 0.3) is 0 Å². The summed E-state index contributed by atoms with van der Waals surface area (Å²) >= 11 is 0. The summed E-state index contributed by atoms with van der Waals surface area (Å²) in [5, 5.41) is 97.5. The number of carbonyl (C=O) groups is 1. The minimum absolute atomic E-state index is 0.0481. The van der Waals surface area contributed by atoms with Gasteiger partial charge in [-0.25, -0.2) is 0 Å². The zero-order chi connectivity index (χ0) is 40.4. The van der Waals surface area contributed by atoms with Crippen molar-refractivity contribution in [2.75, 3.05) is 13.2 Å². The molecule has 0 unspecified atom stereocenters. The summed E-state index contributed by atoms with van der Waals surface area (Å²) in [6.07, 6.45) is -8.86. The lowest BCUT2D eigenvalue weighted by atomic mass is 9.33. The second kappa shape index (κ2) is 13.9. The quantitative estimate of drug-likeness (QED) is 0.137. The molecule has 314 valence electrons. The molecule has 55 heavy (non-hydrogen) atoms. The molecule has 19 atom stereocenters. The third-order valence-electron chi connectivity index (χ3n) is 16.8. The highest BCUT2D eigenvalue weighted by molar-refractivity contribution is 5.77. The largest absolute Gasteiger partial charge is 0.481 e. The minimum atomic E-state index is -1.69. The van der Waals surface area contributed by atoms with Crippen molar-refractivity contribution < 1.29 is 69.7 Å². The molecule has 6 fully saturated rings. The minimum Gasteiger partial charge on any atom is -0.481 e. The van der Waals surface area contributed by atoms with Crippen LogP contribution in [0.3, 0.4) is 0 Å². The van der Waals surface area contributed by atoms with Crippen LogP contribution in [0.25, 0.3) is 0 Å².